The molecule has 0 radical (unpaired) electrons. The average Bonchev–Trinajstić information content (AvgIpc) is 3.72. The third-order valence-electron chi connectivity index (χ3n) is 7.71. The Morgan fingerprint density at radius 2 is 1.81 bits per heavy atom. The number of pyridine rings is 1. The number of hydrogen-bond acceptors (Lipinski definition) is 8. The second kappa shape index (κ2) is 11.7. The Morgan fingerprint density at radius 3 is 2.52 bits per heavy atom. The Labute approximate surface area is 249 Å². The van der Waals surface area contributed by atoms with E-state index in [2.05, 4.69) is 10.6 Å². The highest BCUT2D eigenvalue weighted by Gasteiger charge is 2.39. The summed E-state index contributed by atoms with van der Waals surface area (Å²) in [6.07, 6.45) is 1.82. The SMILES string of the molecule is COc1nc(-c2cccc(-c3cccc(NC(=O)C4=CN(C)C(O)N(C)C4=O)c3C)c2Cl)ccc1CNCC1(O)CC1. The average molecular weight is 592 g/mol. The van der Waals surface area contributed by atoms with E-state index in [0.717, 1.165) is 45.6 Å². The van der Waals surface area contributed by atoms with Crippen molar-refractivity contribution in [2.24, 2.45) is 0 Å². The minimum atomic E-state index is -1.14. The number of benzene rings is 2. The lowest BCUT2D eigenvalue weighted by atomic mass is 9.96. The van der Waals surface area contributed by atoms with E-state index in [0.29, 0.717) is 35.4 Å². The second-order valence-electron chi connectivity index (χ2n) is 10.8. The molecule has 2 aromatic carbocycles. The largest absolute Gasteiger partial charge is 0.481 e. The van der Waals surface area contributed by atoms with Crippen molar-refractivity contribution in [3.05, 3.63) is 76.5 Å². The van der Waals surface area contributed by atoms with Crippen molar-refractivity contribution < 1.29 is 24.5 Å². The molecule has 3 aromatic rings. The van der Waals surface area contributed by atoms with Crippen LogP contribution < -0.4 is 15.4 Å². The van der Waals surface area contributed by atoms with E-state index in [1.54, 1.807) is 26.3 Å². The fourth-order valence-electron chi connectivity index (χ4n) is 4.92. The molecule has 4 N–H and O–H groups in total. The highest BCUT2D eigenvalue weighted by atomic mass is 35.5. The van der Waals surface area contributed by atoms with Gasteiger partial charge in [-0.1, -0.05) is 48.0 Å². The van der Waals surface area contributed by atoms with Crippen LogP contribution in [0.2, 0.25) is 5.02 Å². The summed E-state index contributed by atoms with van der Waals surface area (Å²) in [5, 5.41) is 26.7. The molecule has 2 aliphatic rings. The minimum Gasteiger partial charge on any atom is -0.481 e. The van der Waals surface area contributed by atoms with E-state index in [1.807, 2.05) is 43.3 Å². The van der Waals surface area contributed by atoms with Gasteiger partial charge in [0.05, 0.1) is 23.4 Å². The zero-order valence-corrected chi connectivity index (χ0v) is 24.7. The number of aromatic nitrogens is 1. The Hall–Kier alpha value is -3.96. The normalized spacial score (nSPS) is 17.6. The lowest BCUT2D eigenvalue weighted by Gasteiger charge is -2.35. The molecule has 1 unspecified atom stereocenters. The Bertz CT molecular complexity index is 1570. The summed E-state index contributed by atoms with van der Waals surface area (Å²) in [6.45, 7) is 2.91. The van der Waals surface area contributed by atoms with Crippen LogP contribution in [0.4, 0.5) is 5.69 Å². The predicted octanol–water partition coefficient (Wildman–Crippen LogP) is 3.50. The monoisotopic (exact) mass is 591 g/mol. The molecule has 0 saturated heterocycles. The molecule has 1 aliphatic carbocycles. The standard InChI is InChI=1S/C31H34ClN5O5/c1-18-20(7-6-10-24(18)34-27(38)23-16-36(2)30(40)37(3)29(23)39)21-8-5-9-22(26(21)32)25-12-11-19(28(35-25)42-4)15-33-17-31(41)13-14-31/h5-12,16,30,33,40-41H,13-15,17H2,1-4H3,(H,34,38). The number of nitrogens with zero attached hydrogens (tertiary/aromatic N) is 3. The van der Waals surface area contributed by atoms with Gasteiger partial charge in [0, 0.05) is 55.8 Å². The van der Waals surface area contributed by atoms with Gasteiger partial charge < -0.3 is 30.5 Å². The molecular weight excluding hydrogens is 558 g/mol. The van der Waals surface area contributed by atoms with Gasteiger partial charge in [0.2, 0.25) is 12.2 Å². The van der Waals surface area contributed by atoms with Gasteiger partial charge in [-0.05, 0) is 43.0 Å². The lowest BCUT2D eigenvalue weighted by molar-refractivity contribution is -0.148. The minimum absolute atomic E-state index is 0.0859. The number of ether oxygens (including phenoxy) is 1. The highest BCUT2D eigenvalue weighted by Crippen LogP contribution is 2.39. The van der Waals surface area contributed by atoms with Crippen molar-refractivity contribution >= 4 is 29.1 Å². The molecule has 0 bridgehead atoms. The number of anilines is 1. The van der Waals surface area contributed by atoms with Crippen molar-refractivity contribution in [2.75, 3.05) is 33.1 Å². The van der Waals surface area contributed by atoms with Crippen LogP contribution in [0.5, 0.6) is 5.88 Å². The Balaban J connectivity index is 1.40. The number of methoxy groups -OCH3 is 1. The van der Waals surface area contributed by atoms with Crippen molar-refractivity contribution in [2.45, 2.75) is 38.3 Å². The van der Waals surface area contributed by atoms with Gasteiger partial charge in [-0.15, -0.1) is 0 Å². The van der Waals surface area contributed by atoms with Crippen LogP contribution in [0.25, 0.3) is 22.4 Å². The number of aliphatic hydroxyl groups excluding tert-OH is 1. The molecular formula is C31H34ClN5O5. The fourth-order valence-corrected chi connectivity index (χ4v) is 5.25. The topological polar surface area (TPSA) is 127 Å². The first-order valence-electron chi connectivity index (χ1n) is 13.6. The zero-order valence-electron chi connectivity index (χ0n) is 23.9. The summed E-state index contributed by atoms with van der Waals surface area (Å²) in [4.78, 5) is 32.9. The first kappa shape index (κ1) is 29.5. The molecule has 11 heteroatoms. The molecule has 5 rings (SSSR count). The van der Waals surface area contributed by atoms with Crippen molar-refractivity contribution in [1.82, 2.24) is 20.1 Å². The highest BCUT2D eigenvalue weighted by molar-refractivity contribution is 6.36. The van der Waals surface area contributed by atoms with Crippen LogP contribution in [0.1, 0.15) is 24.0 Å². The van der Waals surface area contributed by atoms with E-state index in [1.165, 1.54) is 18.1 Å². The van der Waals surface area contributed by atoms with Crippen LogP contribution >= 0.6 is 11.6 Å². The van der Waals surface area contributed by atoms with Crippen LogP contribution in [-0.4, -0.2) is 76.5 Å². The smallest absolute Gasteiger partial charge is 0.264 e. The number of aliphatic hydroxyl groups is 2. The second-order valence-corrected chi connectivity index (χ2v) is 11.1. The van der Waals surface area contributed by atoms with Crippen LogP contribution in [0.15, 0.2) is 60.3 Å². The van der Waals surface area contributed by atoms with Gasteiger partial charge in [-0.25, -0.2) is 4.98 Å². The van der Waals surface area contributed by atoms with Gasteiger partial charge in [0.15, 0.2) is 0 Å². The van der Waals surface area contributed by atoms with Crippen LogP contribution in [0.3, 0.4) is 0 Å². The Kier molecular flexibility index (Phi) is 8.25. The maximum absolute atomic E-state index is 13.1. The molecule has 220 valence electrons. The first-order valence-corrected chi connectivity index (χ1v) is 14.0. The molecule has 42 heavy (non-hydrogen) atoms. The van der Waals surface area contributed by atoms with E-state index in [9.17, 15) is 19.8 Å². The van der Waals surface area contributed by atoms with E-state index in [4.69, 9.17) is 21.3 Å². The molecule has 2 amide bonds. The molecule has 1 aromatic heterocycles. The summed E-state index contributed by atoms with van der Waals surface area (Å²) in [5.74, 6) is -0.684. The number of carbonyl (C=O) groups excluding carboxylic acids is 2. The fraction of sp³-hybridized carbons (Fsp3) is 0.323. The molecule has 2 heterocycles. The zero-order chi connectivity index (χ0) is 30.2. The molecule has 10 nitrogen and oxygen atoms in total. The number of hydrogen-bond donors (Lipinski definition) is 4. The van der Waals surface area contributed by atoms with E-state index >= 15 is 0 Å². The molecule has 1 atom stereocenters. The molecule has 1 fully saturated rings. The summed E-state index contributed by atoms with van der Waals surface area (Å²) in [6, 6.07) is 15.0. The number of rotatable bonds is 9. The maximum Gasteiger partial charge on any atom is 0.264 e. The number of amides is 2. The third-order valence-corrected chi connectivity index (χ3v) is 8.12. The van der Waals surface area contributed by atoms with Gasteiger partial charge in [0.1, 0.15) is 5.57 Å². The summed E-state index contributed by atoms with van der Waals surface area (Å²) >= 11 is 6.97. The van der Waals surface area contributed by atoms with E-state index in [-0.39, 0.29) is 5.57 Å². The van der Waals surface area contributed by atoms with Crippen molar-refractivity contribution in [3.8, 4) is 28.3 Å². The van der Waals surface area contributed by atoms with Crippen LogP contribution in [-0.2, 0) is 16.1 Å². The van der Waals surface area contributed by atoms with Gasteiger partial charge >= 0.3 is 0 Å². The molecule has 1 aliphatic heterocycles. The van der Waals surface area contributed by atoms with Gasteiger partial charge in [0.25, 0.3) is 11.8 Å². The predicted molar refractivity (Wildman–Crippen MR) is 161 cm³/mol. The van der Waals surface area contributed by atoms with Gasteiger partial charge in [-0.2, -0.15) is 0 Å². The summed E-state index contributed by atoms with van der Waals surface area (Å²) < 4.78 is 5.56. The van der Waals surface area contributed by atoms with Crippen molar-refractivity contribution in [3.63, 3.8) is 0 Å². The third kappa shape index (κ3) is 5.84. The summed E-state index contributed by atoms with van der Waals surface area (Å²) in [7, 11) is 4.58. The molecule has 1 saturated carbocycles. The molecule has 0 spiro atoms. The van der Waals surface area contributed by atoms with Crippen LogP contribution in [0, 0.1) is 6.92 Å². The first-order chi connectivity index (χ1) is 20.0. The number of carbonyl (C=O) groups is 2. The number of nitrogens with one attached hydrogen (secondary N) is 2. The number of likely N-dealkylation sites (N-methyl/N-ethyl adjacent to an activating group) is 1. The number of halogens is 1. The Morgan fingerprint density at radius 1 is 1.12 bits per heavy atom. The van der Waals surface area contributed by atoms with Crippen molar-refractivity contribution in [1.29, 1.82) is 0 Å². The van der Waals surface area contributed by atoms with Gasteiger partial charge in [-0.3, -0.25) is 14.5 Å². The summed E-state index contributed by atoms with van der Waals surface area (Å²) in [5.41, 5.74) is 4.40. The quantitative estimate of drug-likeness (QED) is 0.279. The van der Waals surface area contributed by atoms with E-state index < -0.39 is 23.8 Å². The lowest BCUT2D eigenvalue weighted by Crippen LogP contribution is -2.51. The maximum atomic E-state index is 13.1.